The lowest BCUT2D eigenvalue weighted by atomic mass is 10.0. The molecule has 144 valence electrons. The first-order chi connectivity index (χ1) is 13.7. The van der Waals surface area contributed by atoms with Gasteiger partial charge in [-0.05, 0) is 12.1 Å². The van der Waals surface area contributed by atoms with Gasteiger partial charge in [0, 0.05) is 76.8 Å². The molecule has 3 aromatic rings. The van der Waals surface area contributed by atoms with Gasteiger partial charge in [-0.1, -0.05) is 0 Å². The van der Waals surface area contributed by atoms with Crippen LogP contribution in [0.25, 0.3) is 5.82 Å². The molecular formula is C19H23N9. The molecular weight excluding hydrogens is 354 g/mol. The summed E-state index contributed by atoms with van der Waals surface area (Å²) in [4.78, 5) is 24.7. The fourth-order valence-electron chi connectivity index (χ4n) is 4.12. The molecule has 3 aromatic heterocycles. The van der Waals surface area contributed by atoms with E-state index < -0.39 is 0 Å². The monoisotopic (exact) mass is 377 g/mol. The summed E-state index contributed by atoms with van der Waals surface area (Å²) in [6, 6.07) is 5.84. The number of aromatic nitrogens is 6. The largest absolute Gasteiger partial charge is 0.363 e. The van der Waals surface area contributed by atoms with Gasteiger partial charge in [-0.25, -0.2) is 19.6 Å². The molecule has 9 nitrogen and oxygen atoms in total. The van der Waals surface area contributed by atoms with Crippen LogP contribution in [0.4, 0.5) is 17.6 Å². The lowest BCUT2D eigenvalue weighted by Gasteiger charge is -2.23. The zero-order chi connectivity index (χ0) is 19.1. The third-order valence-electron chi connectivity index (χ3n) is 5.56. The third kappa shape index (κ3) is 3.02. The van der Waals surface area contributed by atoms with Crippen molar-refractivity contribution in [3.05, 3.63) is 43.1 Å². The predicted molar refractivity (Wildman–Crippen MR) is 107 cm³/mol. The summed E-state index contributed by atoms with van der Waals surface area (Å²) in [7, 11) is 4.00. The maximum absolute atomic E-state index is 4.70. The molecule has 5 rings (SSSR count). The molecule has 2 fully saturated rings. The van der Waals surface area contributed by atoms with Gasteiger partial charge in [0.05, 0.1) is 0 Å². The highest BCUT2D eigenvalue weighted by molar-refractivity contribution is 5.47. The standard InChI is InChI=1S/C19H23N9/c1-25(2)16-4-6-20-19(24-16)27-11-14-9-26(10-15(14)12-27)17-8-18(22-13-21-17)28-7-3-5-23-28/h3-8,13-15H,9-12H2,1-2H3. The first-order valence-corrected chi connectivity index (χ1v) is 9.50. The van der Waals surface area contributed by atoms with Crippen molar-refractivity contribution in [2.24, 2.45) is 11.8 Å². The molecule has 2 aliphatic rings. The molecule has 0 amide bonds. The molecule has 0 radical (unpaired) electrons. The predicted octanol–water partition coefficient (Wildman–Crippen LogP) is 1.09. The van der Waals surface area contributed by atoms with Gasteiger partial charge in [-0.2, -0.15) is 10.1 Å². The lowest BCUT2D eigenvalue weighted by molar-refractivity contribution is 0.533. The number of hydrogen-bond donors (Lipinski definition) is 0. The number of rotatable bonds is 4. The van der Waals surface area contributed by atoms with E-state index in [1.54, 1.807) is 17.2 Å². The summed E-state index contributed by atoms with van der Waals surface area (Å²) in [5.41, 5.74) is 0. The Hall–Kier alpha value is -3.23. The highest BCUT2D eigenvalue weighted by atomic mass is 15.3. The molecule has 5 heterocycles. The van der Waals surface area contributed by atoms with Crippen LogP contribution in [0, 0.1) is 11.8 Å². The first kappa shape index (κ1) is 16.9. The van der Waals surface area contributed by atoms with Gasteiger partial charge in [-0.15, -0.1) is 0 Å². The van der Waals surface area contributed by atoms with Gasteiger partial charge in [0.2, 0.25) is 5.95 Å². The van der Waals surface area contributed by atoms with Crippen molar-refractivity contribution in [3.63, 3.8) is 0 Å². The summed E-state index contributed by atoms with van der Waals surface area (Å²) in [6.45, 7) is 3.94. The minimum absolute atomic E-state index is 0.592. The molecule has 28 heavy (non-hydrogen) atoms. The van der Waals surface area contributed by atoms with Crippen LogP contribution in [0.2, 0.25) is 0 Å². The summed E-state index contributed by atoms with van der Waals surface area (Å²) in [5, 5.41) is 4.26. The fourth-order valence-corrected chi connectivity index (χ4v) is 4.12. The van der Waals surface area contributed by atoms with Crippen molar-refractivity contribution >= 4 is 17.6 Å². The lowest BCUT2D eigenvalue weighted by Crippen LogP contribution is -2.30. The van der Waals surface area contributed by atoms with Crippen LogP contribution in [0.3, 0.4) is 0 Å². The van der Waals surface area contributed by atoms with E-state index in [0.29, 0.717) is 11.8 Å². The van der Waals surface area contributed by atoms with Gasteiger partial charge < -0.3 is 14.7 Å². The normalized spacial score (nSPS) is 21.2. The van der Waals surface area contributed by atoms with Crippen LogP contribution in [0.15, 0.2) is 43.1 Å². The Morgan fingerprint density at radius 1 is 0.929 bits per heavy atom. The Kier molecular flexibility index (Phi) is 4.07. The molecule has 0 aliphatic carbocycles. The summed E-state index contributed by atoms with van der Waals surface area (Å²) < 4.78 is 1.76. The number of anilines is 3. The van der Waals surface area contributed by atoms with Crippen LogP contribution in [-0.2, 0) is 0 Å². The van der Waals surface area contributed by atoms with Crippen molar-refractivity contribution in [1.29, 1.82) is 0 Å². The maximum atomic E-state index is 4.70. The Labute approximate surface area is 163 Å². The number of nitrogens with zero attached hydrogens (tertiary/aromatic N) is 9. The molecule has 2 unspecified atom stereocenters. The van der Waals surface area contributed by atoms with Crippen molar-refractivity contribution in [3.8, 4) is 5.82 Å². The topological polar surface area (TPSA) is 79.1 Å². The SMILES string of the molecule is CN(C)c1ccnc(N2CC3CN(c4cc(-n5cccn5)ncn4)CC3C2)n1. The maximum Gasteiger partial charge on any atom is 0.227 e. The van der Waals surface area contributed by atoms with Gasteiger partial charge in [0.15, 0.2) is 5.82 Å². The second-order valence-electron chi connectivity index (χ2n) is 7.62. The summed E-state index contributed by atoms with van der Waals surface area (Å²) in [6.07, 6.45) is 7.11. The quantitative estimate of drug-likeness (QED) is 0.669. The molecule has 0 spiro atoms. The second kappa shape index (κ2) is 6.74. The minimum Gasteiger partial charge on any atom is -0.363 e. The van der Waals surface area contributed by atoms with E-state index in [0.717, 1.165) is 49.6 Å². The Balaban J connectivity index is 1.29. The Morgan fingerprint density at radius 3 is 2.39 bits per heavy atom. The Morgan fingerprint density at radius 2 is 1.68 bits per heavy atom. The third-order valence-corrected chi connectivity index (χ3v) is 5.56. The van der Waals surface area contributed by atoms with Crippen LogP contribution >= 0.6 is 0 Å². The fraction of sp³-hybridized carbons (Fsp3) is 0.421. The summed E-state index contributed by atoms with van der Waals surface area (Å²) >= 11 is 0. The van der Waals surface area contributed by atoms with Crippen molar-refractivity contribution < 1.29 is 0 Å². The number of fused-ring (bicyclic) bond motifs is 1. The van der Waals surface area contributed by atoms with E-state index in [1.807, 2.05) is 49.6 Å². The molecule has 0 bridgehead atoms. The molecule has 0 aromatic carbocycles. The molecule has 2 saturated heterocycles. The molecule has 2 atom stereocenters. The molecule has 2 aliphatic heterocycles. The first-order valence-electron chi connectivity index (χ1n) is 9.50. The summed E-state index contributed by atoms with van der Waals surface area (Å²) in [5.74, 6) is 4.71. The average Bonchev–Trinajstić information content (AvgIpc) is 3.44. The molecule has 9 heteroatoms. The van der Waals surface area contributed by atoms with E-state index in [9.17, 15) is 0 Å². The van der Waals surface area contributed by atoms with Gasteiger partial charge in [0.25, 0.3) is 0 Å². The highest BCUT2D eigenvalue weighted by Gasteiger charge is 2.41. The van der Waals surface area contributed by atoms with E-state index in [2.05, 4.69) is 29.9 Å². The molecule has 0 N–H and O–H groups in total. The van der Waals surface area contributed by atoms with E-state index in [1.165, 1.54) is 0 Å². The zero-order valence-corrected chi connectivity index (χ0v) is 16.0. The van der Waals surface area contributed by atoms with Crippen molar-refractivity contribution in [1.82, 2.24) is 29.7 Å². The van der Waals surface area contributed by atoms with E-state index in [-0.39, 0.29) is 0 Å². The van der Waals surface area contributed by atoms with Crippen molar-refractivity contribution in [2.75, 3.05) is 55.0 Å². The van der Waals surface area contributed by atoms with Crippen LogP contribution in [0.1, 0.15) is 0 Å². The molecule has 0 saturated carbocycles. The zero-order valence-electron chi connectivity index (χ0n) is 16.0. The van der Waals surface area contributed by atoms with Gasteiger partial charge in [0.1, 0.15) is 18.0 Å². The minimum atomic E-state index is 0.592. The van der Waals surface area contributed by atoms with Crippen LogP contribution in [-0.4, -0.2) is 70.0 Å². The van der Waals surface area contributed by atoms with E-state index in [4.69, 9.17) is 4.98 Å². The average molecular weight is 377 g/mol. The van der Waals surface area contributed by atoms with Crippen molar-refractivity contribution in [2.45, 2.75) is 0 Å². The second-order valence-corrected chi connectivity index (χ2v) is 7.62. The Bertz CT molecular complexity index is 942. The van der Waals surface area contributed by atoms with Crippen LogP contribution < -0.4 is 14.7 Å². The smallest absolute Gasteiger partial charge is 0.227 e. The number of hydrogen-bond acceptors (Lipinski definition) is 8. The van der Waals surface area contributed by atoms with Gasteiger partial charge >= 0.3 is 0 Å². The van der Waals surface area contributed by atoms with E-state index >= 15 is 0 Å². The van der Waals surface area contributed by atoms with Gasteiger partial charge in [-0.3, -0.25) is 0 Å². The van der Waals surface area contributed by atoms with Crippen LogP contribution in [0.5, 0.6) is 0 Å². The highest BCUT2D eigenvalue weighted by Crippen LogP contribution is 2.35.